The lowest BCUT2D eigenvalue weighted by Crippen LogP contribution is -2.43. The highest BCUT2D eigenvalue weighted by Gasteiger charge is 2.35. The molecule has 43 heavy (non-hydrogen) atoms. The molecule has 0 aliphatic heterocycles. The van der Waals surface area contributed by atoms with Gasteiger partial charge in [-0.2, -0.15) is 0 Å². The van der Waals surface area contributed by atoms with E-state index in [0.717, 1.165) is 63.7 Å². The first-order valence-corrected chi connectivity index (χ1v) is 18.0. The maximum atomic E-state index is 14.5. The Morgan fingerprint density at radius 2 is 1.35 bits per heavy atom. The van der Waals surface area contributed by atoms with Gasteiger partial charge in [0.25, 0.3) is 0 Å². The monoisotopic (exact) mass is 660 g/mol. The second kappa shape index (κ2) is 13.1. The number of hydrogen-bond donors (Lipinski definition) is 1. The molecule has 3 aromatic carbocycles. The summed E-state index contributed by atoms with van der Waals surface area (Å²) in [6.45, 7) is 12.7. The zero-order chi connectivity index (χ0) is 30.9. The highest BCUT2D eigenvalue weighted by Crippen LogP contribution is 2.40. The van der Waals surface area contributed by atoms with Crippen LogP contribution in [0.1, 0.15) is 108 Å². The highest BCUT2D eigenvalue weighted by molar-refractivity contribution is 9.10. The summed E-state index contributed by atoms with van der Waals surface area (Å²) in [5.74, 6) is 0.507. The number of sulfonamides is 1. The molecule has 0 saturated heterocycles. The van der Waals surface area contributed by atoms with Gasteiger partial charge in [-0.3, -0.25) is 0 Å². The Morgan fingerprint density at radius 3 is 1.93 bits per heavy atom. The Balaban J connectivity index is 1.59. The molecule has 2 atom stereocenters. The molecule has 0 bridgehead atoms. The molecule has 0 amide bonds. The Labute approximate surface area is 267 Å². The van der Waals surface area contributed by atoms with Gasteiger partial charge in [-0.25, -0.2) is 13.1 Å². The SMILES string of the molecule is CC(C)c1cc(C(C)C)c(S(=O)(=O)N[C@@H]2CCCC[C@H]2n2cc(-c3ccc(Br)cc3)cc2-c2ccccc2)c(C(C)C)c1. The Kier molecular flexibility index (Phi) is 9.70. The maximum Gasteiger partial charge on any atom is 0.241 e. The lowest BCUT2D eigenvalue weighted by Gasteiger charge is -2.35. The van der Waals surface area contributed by atoms with Gasteiger partial charge in [-0.05, 0) is 82.2 Å². The smallest absolute Gasteiger partial charge is 0.241 e. The van der Waals surface area contributed by atoms with Gasteiger partial charge >= 0.3 is 0 Å². The summed E-state index contributed by atoms with van der Waals surface area (Å²) in [4.78, 5) is 0.484. The van der Waals surface area contributed by atoms with E-state index in [1.165, 1.54) is 5.56 Å². The predicted molar refractivity (Wildman–Crippen MR) is 183 cm³/mol. The van der Waals surface area contributed by atoms with Crippen molar-refractivity contribution in [2.75, 3.05) is 0 Å². The van der Waals surface area contributed by atoms with Crippen LogP contribution in [-0.4, -0.2) is 19.0 Å². The quantitative estimate of drug-likeness (QED) is 0.194. The average Bonchev–Trinajstić information content (AvgIpc) is 3.42. The summed E-state index contributed by atoms with van der Waals surface area (Å²) in [7, 11) is -3.79. The molecule has 1 aliphatic carbocycles. The van der Waals surface area contributed by atoms with Gasteiger partial charge < -0.3 is 4.57 Å². The summed E-state index contributed by atoms with van der Waals surface area (Å²) in [5.41, 5.74) is 7.54. The molecule has 0 unspecified atom stereocenters. The molecule has 1 fully saturated rings. The number of aromatic nitrogens is 1. The van der Waals surface area contributed by atoms with E-state index in [1.54, 1.807) is 0 Å². The van der Waals surface area contributed by atoms with Crippen LogP contribution in [0.15, 0.2) is 88.4 Å². The third kappa shape index (κ3) is 6.87. The summed E-state index contributed by atoms with van der Waals surface area (Å²) in [6, 6.07) is 25.1. The molecule has 1 aliphatic rings. The van der Waals surface area contributed by atoms with Gasteiger partial charge in [-0.15, -0.1) is 0 Å². The molecule has 4 nitrogen and oxygen atoms in total. The zero-order valence-corrected chi connectivity index (χ0v) is 28.7. The highest BCUT2D eigenvalue weighted by atomic mass is 79.9. The van der Waals surface area contributed by atoms with E-state index in [2.05, 4.69) is 140 Å². The fourth-order valence-corrected chi connectivity index (χ4v) is 8.70. The van der Waals surface area contributed by atoms with Crippen molar-refractivity contribution in [1.29, 1.82) is 0 Å². The van der Waals surface area contributed by atoms with Crippen LogP contribution in [0, 0.1) is 0 Å². The van der Waals surface area contributed by atoms with Gasteiger partial charge in [0.05, 0.1) is 10.9 Å². The molecule has 5 rings (SSSR count). The van der Waals surface area contributed by atoms with Gasteiger partial charge in [0, 0.05) is 22.4 Å². The summed E-state index contributed by atoms with van der Waals surface area (Å²) in [6.07, 6.45) is 6.02. The van der Waals surface area contributed by atoms with Crippen molar-refractivity contribution in [3.63, 3.8) is 0 Å². The number of hydrogen-bond acceptors (Lipinski definition) is 2. The average molecular weight is 662 g/mol. The van der Waals surface area contributed by atoms with Gasteiger partial charge in [0.2, 0.25) is 10.0 Å². The van der Waals surface area contributed by atoms with E-state index in [1.807, 2.05) is 6.07 Å². The zero-order valence-electron chi connectivity index (χ0n) is 26.3. The third-order valence-corrected chi connectivity index (χ3v) is 11.0. The maximum absolute atomic E-state index is 14.5. The molecule has 6 heteroatoms. The molecule has 1 heterocycles. The Hall–Kier alpha value is -2.67. The first-order valence-electron chi connectivity index (χ1n) is 15.7. The second-order valence-corrected chi connectivity index (χ2v) is 15.5. The normalized spacial score (nSPS) is 17.7. The van der Waals surface area contributed by atoms with Crippen LogP contribution in [0.3, 0.4) is 0 Å². The van der Waals surface area contributed by atoms with Crippen molar-refractivity contribution >= 4 is 26.0 Å². The predicted octanol–water partition coefficient (Wildman–Crippen LogP) is 10.4. The largest absolute Gasteiger partial charge is 0.342 e. The first kappa shape index (κ1) is 31.7. The number of nitrogens with zero attached hydrogens (tertiary/aromatic N) is 1. The molecule has 4 aromatic rings. The molecule has 0 spiro atoms. The number of rotatable bonds is 9. The third-order valence-electron chi connectivity index (χ3n) is 8.84. The van der Waals surface area contributed by atoms with Crippen molar-refractivity contribution in [1.82, 2.24) is 9.29 Å². The van der Waals surface area contributed by atoms with Crippen LogP contribution in [0.2, 0.25) is 0 Å². The molecular formula is C37H45BrN2O2S. The van der Waals surface area contributed by atoms with Crippen LogP contribution < -0.4 is 4.72 Å². The summed E-state index contributed by atoms with van der Waals surface area (Å²) in [5, 5.41) is 0. The van der Waals surface area contributed by atoms with Crippen molar-refractivity contribution in [2.24, 2.45) is 0 Å². The molecule has 228 valence electrons. The molecule has 1 saturated carbocycles. The Morgan fingerprint density at radius 1 is 0.744 bits per heavy atom. The van der Waals surface area contributed by atoms with Crippen LogP contribution in [0.5, 0.6) is 0 Å². The van der Waals surface area contributed by atoms with E-state index in [9.17, 15) is 8.42 Å². The first-order chi connectivity index (χ1) is 20.5. The minimum Gasteiger partial charge on any atom is -0.342 e. The fourth-order valence-electron chi connectivity index (χ4n) is 6.43. The van der Waals surface area contributed by atoms with Crippen molar-refractivity contribution < 1.29 is 8.42 Å². The molecular weight excluding hydrogens is 616 g/mol. The lowest BCUT2D eigenvalue weighted by molar-refractivity contribution is 0.291. The number of nitrogens with one attached hydrogen (secondary N) is 1. The molecule has 1 N–H and O–H groups in total. The molecule has 0 radical (unpaired) electrons. The van der Waals surface area contributed by atoms with Crippen molar-refractivity contribution in [3.05, 3.63) is 100 Å². The van der Waals surface area contributed by atoms with E-state index >= 15 is 0 Å². The van der Waals surface area contributed by atoms with E-state index in [0.29, 0.717) is 10.8 Å². The van der Waals surface area contributed by atoms with Gasteiger partial charge in [0.1, 0.15) is 0 Å². The Bertz CT molecular complexity index is 1630. The standard InChI is InChI=1S/C37H45BrN2O2S/c1-24(2)29-20-32(25(3)4)37(33(21-29)26(5)6)43(41,42)39-34-14-10-11-15-35(34)40-23-30(27-16-18-31(38)19-17-27)22-36(40)28-12-8-7-9-13-28/h7-9,12-13,16-26,34-35,39H,10-11,14-15H2,1-6H3/t34-,35-/m1/s1. The van der Waals surface area contributed by atoms with Crippen LogP contribution in [0.4, 0.5) is 0 Å². The van der Waals surface area contributed by atoms with E-state index in [4.69, 9.17) is 0 Å². The second-order valence-electron chi connectivity index (χ2n) is 13.0. The molecule has 1 aromatic heterocycles. The number of halogens is 1. The summed E-state index contributed by atoms with van der Waals surface area (Å²) >= 11 is 3.56. The topological polar surface area (TPSA) is 51.1 Å². The van der Waals surface area contributed by atoms with Gasteiger partial charge in [-0.1, -0.05) is 125 Å². The van der Waals surface area contributed by atoms with Crippen LogP contribution in [0.25, 0.3) is 22.4 Å². The lowest BCUT2D eigenvalue weighted by atomic mass is 9.89. The fraction of sp³-hybridized carbons (Fsp3) is 0.405. The van der Waals surface area contributed by atoms with Crippen molar-refractivity contribution in [3.8, 4) is 22.4 Å². The minimum absolute atomic E-state index is 0.00265. The van der Waals surface area contributed by atoms with E-state index in [-0.39, 0.29) is 23.9 Å². The summed E-state index contributed by atoms with van der Waals surface area (Å²) < 4.78 is 35.7. The number of benzene rings is 3. The van der Waals surface area contributed by atoms with Crippen LogP contribution in [-0.2, 0) is 10.0 Å². The van der Waals surface area contributed by atoms with Gasteiger partial charge in [0.15, 0.2) is 0 Å². The van der Waals surface area contributed by atoms with E-state index < -0.39 is 10.0 Å². The van der Waals surface area contributed by atoms with Crippen molar-refractivity contribution in [2.45, 2.75) is 102 Å². The van der Waals surface area contributed by atoms with Crippen LogP contribution >= 0.6 is 15.9 Å². The minimum atomic E-state index is -3.79.